The third-order valence-electron chi connectivity index (χ3n) is 3.43. The molecule has 25 heavy (non-hydrogen) atoms. The van der Waals surface area contributed by atoms with Gasteiger partial charge in [-0.2, -0.15) is 13.2 Å². The average molecular weight is 353 g/mol. The van der Waals surface area contributed by atoms with E-state index >= 15 is 0 Å². The van der Waals surface area contributed by atoms with Crippen molar-refractivity contribution in [2.24, 2.45) is 5.16 Å². The number of allylic oxidation sites excluding steroid dienone is 3. The van der Waals surface area contributed by atoms with Gasteiger partial charge in [0.15, 0.2) is 11.5 Å². The zero-order valence-electron chi connectivity index (χ0n) is 13.3. The van der Waals surface area contributed by atoms with Crippen LogP contribution in [0.4, 0.5) is 13.2 Å². The van der Waals surface area contributed by atoms with E-state index in [4.69, 9.17) is 0 Å². The first-order chi connectivity index (χ1) is 11.8. The van der Waals surface area contributed by atoms with Gasteiger partial charge in [-0.3, -0.25) is 14.6 Å². The van der Waals surface area contributed by atoms with E-state index < -0.39 is 29.3 Å². The predicted octanol–water partition coefficient (Wildman–Crippen LogP) is 2.00. The number of ketones is 1. The second kappa shape index (κ2) is 7.29. The fourth-order valence-corrected chi connectivity index (χ4v) is 2.21. The highest BCUT2D eigenvalue weighted by molar-refractivity contribution is 6.51. The van der Waals surface area contributed by atoms with E-state index in [1.165, 1.54) is 32.4 Å². The molecule has 1 aromatic rings. The molecule has 0 saturated heterocycles. The Bertz CT molecular complexity index is 765. The normalized spacial score (nSPS) is 18.0. The molecular formula is C16H14F3N3O3. The maximum atomic E-state index is 12.6. The Morgan fingerprint density at radius 1 is 1.36 bits per heavy atom. The van der Waals surface area contributed by atoms with Gasteiger partial charge in [-0.1, -0.05) is 17.3 Å². The van der Waals surface area contributed by atoms with Crippen molar-refractivity contribution in [1.29, 1.82) is 0 Å². The van der Waals surface area contributed by atoms with Crippen LogP contribution in [-0.4, -0.2) is 36.5 Å². The molecule has 1 heterocycles. The first-order valence-electron chi connectivity index (χ1n) is 7.09. The number of hydrogen-bond donors (Lipinski definition) is 1. The number of alkyl halides is 3. The lowest BCUT2D eigenvalue weighted by Crippen LogP contribution is -2.33. The van der Waals surface area contributed by atoms with Crippen LogP contribution >= 0.6 is 0 Å². The van der Waals surface area contributed by atoms with Gasteiger partial charge in [-0.05, 0) is 18.2 Å². The summed E-state index contributed by atoms with van der Waals surface area (Å²) in [4.78, 5) is 32.8. The number of Topliss-reactive ketones (excluding diaryl/α,β-unsaturated/α-hetero) is 1. The molecule has 1 amide bonds. The highest BCUT2D eigenvalue weighted by atomic mass is 19.4. The van der Waals surface area contributed by atoms with Gasteiger partial charge in [0.1, 0.15) is 7.11 Å². The lowest BCUT2D eigenvalue weighted by molar-refractivity contribution is -0.137. The molecule has 9 heteroatoms. The number of nitrogens with one attached hydrogen (secondary N) is 1. The minimum Gasteiger partial charge on any atom is -0.398 e. The van der Waals surface area contributed by atoms with Gasteiger partial charge < -0.3 is 10.2 Å². The van der Waals surface area contributed by atoms with Crippen molar-refractivity contribution in [3.63, 3.8) is 0 Å². The molecule has 0 aliphatic heterocycles. The van der Waals surface area contributed by atoms with E-state index in [0.29, 0.717) is 6.20 Å². The minimum atomic E-state index is -4.51. The number of halogens is 3. The monoisotopic (exact) mass is 353 g/mol. The fraction of sp³-hybridized carbons (Fsp3) is 0.250. The number of oxime groups is 1. The van der Waals surface area contributed by atoms with Gasteiger partial charge >= 0.3 is 6.18 Å². The Labute approximate surface area is 141 Å². The Hall–Kier alpha value is -2.97. The maximum absolute atomic E-state index is 12.6. The van der Waals surface area contributed by atoms with Crippen LogP contribution < -0.4 is 5.32 Å². The number of hydrogen-bond acceptors (Lipinski definition) is 5. The van der Waals surface area contributed by atoms with E-state index in [2.05, 4.69) is 20.3 Å². The number of pyridine rings is 1. The van der Waals surface area contributed by atoms with E-state index in [1.54, 1.807) is 0 Å². The lowest BCUT2D eigenvalue weighted by Gasteiger charge is -2.18. The maximum Gasteiger partial charge on any atom is 0.417 e. The molecule has 0 radical (unpaired) electrons. The highest BCUT2D eigenvalue weighted by Crippen LogP contribution is 2.30. The first-order valence-corrected chi connectivity index (χ1v) is 7.09. The van der Waals surface area contributed by atoms with E-state index in [9.17, 15) is 22.8 Å². The molecule has 1 N–H and O–H groups in total. The zero-order valence-corrected chi connectivity index (χ0v) is 13.3. The van der Waals surface area contributed by atoms with E-state index in [1.807, 2.05) is 0 Å². The summed E-state index contributed by atoms with van der Waals surface area (Å²) in [6.07, 6.45) is 0.526. The van der Waals surface area contributed by atoms with Gasteiger partial charge in [0.25, 0.3) is 5.91 Å². The molecule has 1 aliphatic rings. The van der Waals surface area contributed by atoms with Crippen molar-refractivity contribution in [2.75, 3.05) is 14.2 Å². The van der Waals surface area contributed by atoms with Crippen LogP contribution in [0.3, 0.4) is 0 Å². The van der Waals surface area contributed by atoms with Gasteiger partial charge in [0.05, 0.1) is 22.7 Å². The van der Waals surface area contributed by atoms with Crippen molar-refractivity contribution >= 4 is 17.4 Å². The van der Waals surface area contributed by atoms with Crippen molar-refractivity contribution in [3.8, 4) is 0 Å². The molecule has 1 aromatic heterocycles. The van der Waals surface area contributed by atoms with Gasteiger partial charge in [-0.15, -0.1) is 0 Å². The molecule has 0 bridgehead atoms. The molecule has 6 nitrogen and oxygen atoms in total. The number of carbonyl (C=O) groups excluding carboxylic acids is 2. The SMILES string of the molecule is CNC(=O)/C(=N/OC)C1=CC=CC(c2ccc(C(F)(F)F)cn2)C1=O. The summed E-state index contributed by atoms with van der Waals surface area (Å²) in [6.45, 7) is 0. The van der Waals surface area contributed by atoms with Crippen molar-refractivity contribution in [1.82, 2.24) is 10.3 Å². The third-order valence-corrected chi connectivity index (χ3v) is 3.43. The van der Waals surface area contributed by atoms with Gasteiger partial charge in [0.2, 0.25) is 0 Å². The molecule has 132 valence electrons. The summed E-state index contributed by atoms with van der Waals surface area (Å²) in [7, 11) is 2.59. The summed E-state index contributed by atoms with van der Waals surface area (Å²) < 4.78 is 37.8. The molecule has 0 spiro atoms. The minimum absolute atomic E-state index is 0.0182. The van der Waals surface area contributed by atoms with Crippen LogP contribution in [-0.2, 0) is 20.6 Å². The predicted molar refractivity (Wildman–Crippen MR) is 82.7 cm³/mol. The van der Waals surface area contributed by atoms with Crippen molar-refractivity contribution < 1.29 is 27.6 Å². The van der Waals surface area contributed by atoms with E-state index in [-0.39, 0.29) is 17.0 Å². The zero-order chi connectivity index (χ0) is 18.6. The standard InChI is InChI=1S/C16H14F3N3O3/c1-20-15(24)13(22-25-2)11-5-3-4-10(14(11)23)12-7-6-9(8-21-12)16(17,18)19/h3-8,10H,1-2H3,(H,20,24)/b22-13+. The molecular weight excluding hydrogens is 339 g/mol. The molecule has 0 fully saturated rings. The Morgan fingerprint density at radius 2 is 2.08 bits per heavy atom. The molecule has 1 unspecified atom stereocenters. The quantitative estimate of drug-likeness (QED) is 0.663. The largest absolute Gasteiger partial charge is 0.417 e. The van der Waals surface area contributed by atoms with Gasteiger partial charge in [0, 0.05) is 13.2 Å². The van der Waals surface area contributed by atoms with E-state index in [0.717, 1.165) is 12.1 Å². The summed E-state index contributed by atoms with van der Waals surface area (Å²) in [5.74, 6) is -2.07. The van der Waals surface area contributed by atoms with Crippen LogP contribution in [0, 0.1) is 0 Å². The second-order valence-corrected chi connectivity index (χ2v) is 4.98. The Balaban J connectivity index is 2.33. The molecule has 1 aliphatic carbocycles. The number of nitrogens with zero attached hydrogens (tertiary/aromatic N) is 2. The Kier molecular flexibility index (Phi) is 5.35. The molecule has 2 rings (SSSR count). The summed E-state index contributed by atoms with van der Waals surface area (Å²) in [5.41, 5.74) is -1.02. The third kappa shape index (κ3) is 3.93. The number of amides is 1. The topological polar surface area (TPSA) is 80.7 Å². The fourth-order valence-electron chi connectivity index (χ4n) is 2.21. The van der Waals surface area contributed by atoms with Crippen LogP contribution in [0.25, 0.3) is 0 Å². The van der Waals surface area contributed by atoms with Crippen LogP contribution in [0.15, 0.2) is 47.3 Å². The highest BCUT2D eigenvalue weighted by Gasteiger charge is 2.33. The average Bonchev–Trinajstić information content (AvgIpc) is 2.59. The first kappa shape index (κ1) is 18.4. The lowest BCUT2D eigenvalue weighted by atomic mass is 9.87. The number of rotatable bonds is 4. The second-order valence-electron chi connectivity index (χ2n) is 4.98. The number of carbonyl (C=O) groups is 2. The molecule has 0 aromatic carbocycles. The molecule has 0 saturated carbocycles. The Morgan fingerprint density at radius 3 is 2.60 bits per heavy atom. The number of aromatic nitrogens is 1. The van der Waals surface area contributed by atoms with Crippen molar-refractivity contribution in [3.05, 3.63) is 53.4 Å². The van der Waals surface area contributed by atoms with Gasteiger partial charge in [-0.25, -0.2) is 0 Å². The van der Waals surface area contributed by atoms with Crippen LogP contribution in [0.2, 0.25) is 0 Å². The summed E-state index contributed by atoms with van der Waals surface area (Å²) >= 11 is 0. The summed E-state index contributed by atoms with van der Waals surface area (Å²) in [5, 5.41) is 5.89. The van der Waals surface area contributed by atoms with Crippen molar-refractivity contribution in [2.45, 2.75) is 12.1 Å². The molecule has 1 atom stereocenters. The smallest absolute Gasteiger partial charge is 0.398 e. The summed E-state index contributed by atoms with van der Waals surface area (Å²) in [6, 6.07) is 1.98. The van der Waals surface area contributed by atoms with Crippen LogP contribution in [0.5, 0.6) is 0 Å². The van der Waals surface area contributed by atoms with Crippen LogP contribution in [0.1, 0.15) is 17.2 Å².